The van der Waals surface area contributed by atoms with Crippen LogP contribution in [0.4, 0.5) is 0 Å². The van der Waals surface area contributed by atoms with Gasteiger partial charge in [0.25, 0.3) is 0 Å². The van der Waals surface area contributed by atoms with Crippen LogP contribution in [0.5, 0.6) is 5.75 Å². The van der Waals surface area contributed by atoms with E-state index in [-0.39, 0.29) is 18.4 Å². The van der Waals surface area contributed by atoms with E-state index in [0.717, 1.165) is 29.7 Å². The van der Waals surface area contributed by atoms with Gasteiger partial charge in [0.05, 0.1) is 19.8 Å². The molecule has 0 saturated heterocycles. The maximum Gasteiger partial charge on any atom is 0.330 e. The lowest BCUT2D eigenvalue weighted by Gasteiger charge is -2.18. The lowest BCUT2D eigenvalue weighted by atomic mass is 10.0. The minimum Gasteiger partial charge on any atom is -0.489 e. The van der Waals surface area contributed by atoms with E-state index in [1.807, 2.05) is 72.8 Å². The summed E-state index contributed by atoms with van der Waals surface area (Å²) < 4.78 is 16.2. The quantitative estimate of drug-likeness (QED) is 0.167. The molecule has 0 saturated carbocycles. The summed E-state index contributed by atoms with van der Waals surface area (Å²) >= 11 is 0. The van der Waals surface area contributed by atoms with E-state index in [9.17, 15) is 9.59 Å². The molecule has 0 fully saturated rings. The summed E-state index contributed by atoms with van der Waals surface area (Å²) in [5.74, 6) is 0.203. The molecule has 37 heavy (non-hydrogen) atoms. The van der Waals surface area contributed by atoms with Crippen LogP contribution < -0.4 is 10.1 Å². The second kappa shape index (κ2) is 16.0. The Morgan fingerprint density at radius 1 is 0.865 bits per heavy atom. The maximum absolute atomic E-state index is 12.6. The van der Waals surface area contributed by atoms with Gasteiger partial charge < -0.3 is 19.5 Å². The van der Waals surface area contributed by atoms with Gasteiger partial charge in [0, 0.05) is 19.1 Å². The third kappa shape index (κ3) is 10.7. The molecule has 0 aliphatic heterocycles. The Bertz CT molecular complexity index is 1100. The zero-order valence-corrected chi connectivity index (χ0v) is 21.3. The van der Waals surface area contributed by atoms with Crippen molar-refractivity contribution in [1.82, 2.24) is 5.32 Å². The topological polar surface area (TPSA) is 73.9 Å². The van der Waals surface area contributed by atoms with Gasteiger partial charge in [-0.1, -0.05) is 78.9 Å². The highest BCUT2D eigenvalue weighted by atomic mass is 16.5. The molecule has 1 N–H and O–H groups in total. The Kier molecular flexibility index (Phi) is 11.9. The molecule has 1 unspecified atom stereocenters. The highest BCUT2D eigenvalue weighted by Gasteiger charge is 2.14. The van der Waals surface area contributed by atoms with Crippen LogP contribution >= 0.6 is 0 Å². The zero-order valence-electron chi connectivity index (χ0n) is 21.3. The molecule has 1 amide bonds. The SMILES string of the molecule is COC(=O)C=CCC(NC(=O)CCOCCCc1ccccc1)c1ccc(OCc2ccccc2)cc1. The van der Waals surface area contributed by atoms with Crippen molar-refractivity contribution in [2.24, 2.45) is 0 Å². The largest absolute Gasteiger partial charge is 0.489 e. The lowest BCUT2D eigenvalue weighted by Crippen LogP contribution is -2.29. The van der Waals surface area contributed by atoms with Crippen LogP contribution in [0, 0.1) is 0 Å². The van der Waals surface area contributed by atoms with E-state index in [1.54, 1.807) is 6.08 Å². The van der Waals surface area contributed by atoms with Crippen LogP contribution in [0.3, 0.4) is 0 Å². The van der Waals surface area contributed by atoms with Crippen LogP contribution in [-0.4, -0.2) is 32.2 Å². The van der Waals surface area contributed by atoms with E-state index >= 15 is 0 Å². The summed E-state index contributed by atoms with van der Waals surface area (Å²) in [6.45, 7) is 1.45. The molecule has 3 aromatic rings. The molecule has 0 heterocycles. The number of carbonyl (C=O) groups excluding carboxylic acids is 2. The van der Waals surface area contributed by atoms with Gasteiger partial charge in [-0.25, -0.2) is 4.79 Å². The summed E-state index contributed by atoms with van der Waals surface area (Å²) in [4.78, 5) is 24.1. The number of hydrogen-bond donors (Lipinski definition) is 1. The fraction of sp³-hybridized carbons (Fsp3) is 0.290. The minimum absolute atomic E-state index is 0.107. The first-order valence-corrected chi connectivity index (χ1v) is 12.6. The van der Waals surface area contributed by atoms with Crippen molar-refractivity contribution in [3.8, 4) is 5.75 Å². The Morgan fingerprint density at radius 3 is 2.22 bits per heavy atom. The van der Waals surface area contributed by atoms with Crippen LogP contribution in [0.1, 0.15) is 42.0 Å². The minimum atomic E-state index is -0.432. The summed E-state index contributed by atoms with van der Waals surface area (Å²) in [5.41, 5.74) is 3.29. The van der Waals surface area contributed by atoms with Crippen molar-refractivity contribution < 1.29 is 23.8 Å². The van der Waals surface area contributed by atoms with Gasteiger partial charge in [0.1, 0.15) is 12.4 Å². The summed E-state index contributed by atoms with van der Waals surface area (Å²) in [5, 5.41) is 3.06. The molecule has 1 atom stereocenters. The first-order chi connectivity index (χ1) is 18.1. The average Bonchev–Trinajstić information content (AvgIpc) is 2.94. The Hall–Kier alpha value is -3.90. The molecular formula is C31H35NO5. The van der Waals surface area contributed by atoms with E-state index in [2.05, 4.69) is 22.2 Å². The molecule has 3 rings (SSSR count). The molecule has 0 bridgehead atoms. The fourth-order valence-corrected chi connectivity index (χ4v) is 3.74. The van der Waals surface area contributed by atoms with Crippen molar-refractivity contribution in [2.45, 2.75) is 38.3 Å². The number of aryl methyl sites for hydroxylation is 1. The number of hydrogen-bond acceptors (Lipinski definition) is 5. The van der Waals surface area contributed by atoms with Crippen molar-refractivity contribution in [1.29, 1.82) is 0 Å². The second-order valence-electron chi connectivity index (χ2n) is 8.58. The summed E-state index contributed by atoms with van der Waals surface area (Å²) in [7, 11) is 1.33. The first-order valence-electron chi connectivity index (χ1n) is 12.6. The van der Waals surface area contributed by atoms with E-state index in [4.69, 9.17) is 9.47 Å². The number of methoxy groups -OCH3 is 1. The molecule has 0 aliphatic carbocycles. The molecule has 3 aromatic carbocycles. The number of esters is 1. The molecular weight excluding hydrogens is 466 g/mol. The van der Waals surface area contributed by atoms with Gasteiger partial charge in [-0.05, 0) is 48.1 Å². The molecule has 0 aromatic heterocycles. The van der Waals surface area contributed by atoms with Crippen molar-refractivity contribution in [2.75, 3.05) is 20.3 Å². The molecule has 6 nitrogen and oxygen atoms in total. The number of rotatable bonds is 15. The van der Waals surface area contributed by atoms with Gasteiger partial charge >= 0.3 is 5.97 Å². The van der Waals surface area contributed by atoms with Crippen LogP contribution in [-0.2, 0) is 32.1 Å². The first kappa shape index (κ1) is 27.7. The maximum atomic E-state index is 12.6. The Balaban J connectivity index is 1.48. The Labute approximate surface area is 219 Å². The van der Waals surface area contributed by atoms with Crippen molar-refractivity contribution in [3.05, 3.63) is 114 Å². The van der Waals surface area contributed by atoms with Gasteiger partial charge in [-0.2, -0.15) is 0 Å². The fourth-order valence-electron chi connectivity index (χ4n) is 3.74. The van der Waals surface area contributed by atoms with E-state index in [1.165, 1.54) is 18.7 Å². The Morgan fingerprint density at radius 2 is 1.54 bits per heavy atom. The second-order valence-corrected chi connectivity index (χ2v) is 8.58. The van der Waals surface area contributed by atoms with Crippen LogP contribution in [0.2, 0.25) is 0 Å². The smallest absolute Gasteiger partial charge is 0.330 e. The summed E-state index contributed by atoms with van der Waals surface area (Å²) in [6.07, 6.45) is 5.64. The standard InChI is InChI=1S/C31H35NO5/c1-35-31(34)16-8-15-29(27-17-19-28(20-18-27)37-24-26-12-6-3-7-13-26)32-30(33)21-23-36-22-9-14-25-10-4-2-5-11-25/h2-8,10-13,16-20,29H,9,14-15,21-24H2,1H3,(H,32,33). The predicted octanol–water partition coefficient (Wildman–Crippen LogP) is 5.58. The zero-order chi connectivity index (χ0) is 26.1. The monoisotopic (exact) mass is 501 g/mol. The predicted molar refractivity (Wildman–Crippen MR) is 144 cm³/mol. The number of amides is 1. The normalized spacial score (nSPS) is 11.7. The molecule has 0 aliphatic rings. The van der Waals surface area contributed by atoms with Crippen molar-refractivity contribution >= 4 is 11.9 Å². The molecule has 0 spiro atoms. The lowest BCUT2D eigenvalue weighted by molar-refractivity contribution is -0.134. The van der Waals surface area contributed by atoms with Gasteiger partial charge in [0.2, 0.25) is 5.91 Å². The van der Waals surface area contributed by atoms with E-state index in [0.29, 0.717) is 26.2 Å². The molecule has 6 heteroatoms. The number of benzene rings is 3. The van der Waals surface area contributed by atoms with Crippen LogP contribution in [0.25, 0.3) is 0 Å². The van der Waals surface area contributed by atoms with Gasteiger partial charge in [-0.15, -0.1) is 0 Å². The van der Waals surface area contributed by atoms with E-state index < -0.39 is 5.97 Å². The average molecular weight is 502 g/mol. The molecule has 0 radical (unpaired) electrons. The van der Waals surface area contributed by atoms with Gasteiger partial charge in [0.15, 0.2) is 0 Å². The molecule has 194 valence electrons. The highest BCUT2D eigenvalue weighted by Crippen LogP contribution is 2.22. The third-order valence-corrected chi connectivity index (χ3v) is 5.76. The van der Waals surface area contributed by atoms with Crippen molar-refractivity contribution in [3.63, 3.8) is 0 Å². The summed E-state index contributed by atoms with van der Waals surface area (Å²) in [6, 6.07) is 27.6. The number of nitrogens with one attached hydrogen (secondary N) is 1. The number of carbonyl (C=O) groups is 2. The van der Waals surface area contributed by atoms with Crippen LogP contribution in [0.15, 0.2) is 97.1 Å². The number of ether oxygens (including phenoxy) is 3. The third-order valence-electron chi connectivity index (χ3n) is 5.76. The highest BCUT2D eigenvalue weighted by molar-refractivity contribution is 5.81. The van der Waals surface area contributed by atoms with Gasteiger partial charge in [-0.3, -0.25) is 4.79 Å².